The van der Waals surface area contributed by atoms with E-state index in [1.54, 1.807) is 14.2 Å². The molecule has 2 N–H and O–H groups in total. The molecular weight excluding hydrogens is 130 g/mol. The van der Waals surface area contributed by atoms with Gasteiger partial charge in [-0.05, 0) is 6.92 Å². The summed E-state index contributed by atoms with van der Waals surface area (Å²) in [6.07, 6.45) is -0.377. The van der Waals surface area contributed by atoms with Crippen LogP contribution in [-0.2, 0) is 9.47 Å². The minimum atomic E-state index is -0.377. The first-order valence-electron chi connectivity index (χ1n) is 3.10. The summed E-state index contributed by atoms with van der Waals surface area (Å²) in [5, 5.41) is 0. The molecule has 1 unspecified atom stereocenters. The molecule has 60 valence electrons. The van der Waals surface area contributed by atoms with Gasteiger partial charge in [0.1, 0.15) is 0 Å². The summed E-state index contributed by atoms with van der Waals surface area (Å²) >= 11 is 0. The first kappa shape index (κ1) is 9.62. The van der Waals surface area contributed by atoms with Gasteiger partial charge in [0, 0.05) is 14.2 Å². The van der Waals surface area contributed by atoms with Crippen LogP contribution in [0.2, 0.25) is 0 Å². The zero-order chi connectivity index (χ0) is 8.15. The Kier molecular flexibility index (Phi) is 4.27. The van der Waals surface area contributed by atoms with E-state index in [4.69, 9.17) is 15.2 Å². The normalized spacial score (nSPS) is 13.7. The molecule has 0 aromatic rings. The Balaban J connectivity index is 3.88. The summed E-state index contributed by atoms with van der Waals surface area (Å²) in [4.78, 5) is 0. The predicted molar refractivity (Wildman–Crippen MR) is 40.6 cm³/mol. The average molecular weight is 145 g/mol. The number of hydrogen-bond donors (Lipinski definition) is 1. The van der Waals surface area contributed by atoms with Gasteiger partial charge in [-0.2, -0.15) is 0 Å². The van der Waals surface area contributed by atoms with E-state index in [9.17, 15) is 0 Å². The summed E-state index contributed by atoms with van der Waals surface area (Å²) < 4.78 is 9.83. The van der Waals surface area contributed by atoms with Crippen LogP contribution in [-0.4, -0.2) is 26.6 Å². The second-order valence-electron chi connectivity index (χ2n) is 2.21. The molecule has 3 nitrogen and oxygen atoms in total. The van der Waals surface area contributed by atoms with Crippen molar-refractivity contribution in [2.24, 2.45) is 5.73 Å². The second-order valence-corrected chi connectivity index (χ2v) is 2.21. The molecule has 0 heterocycles. The van der Waals surface area contributed by atoms with Crippen LogP contribution in [0.5, 0.6) is 0 Å². The third-order valence-corrected chi connectivity index (χ3v) is 1.33. The minimum Gasteiger partial charge on any atom is -0.354 e. The van der Waals surface area contributed by atoms with Crippen LogP contribution in [0.15, 0.2) is 12.2 Å². The molecule has 0 aliphatic heterocycles. The fourth-order valence-corrected chi connectivity index (χ4v) is 0.622. The third kappa shape index (κ3) is 2.47. The van der Waals surface area contributed by atoms with Crippen LogP contribution in [0, 0.1) is 0 Å². The second kappa shape index (κ2) is 4.44. The van der Waals surface area contributed by atoms with Crippen LogP contribution < -0.4 is 5.73 Å². The fraction of sp³-hybridized carbons (Fsp3) is 0.714. The van der Waals surface area contributed by atoms with E-state index in [0.29, 0.717) is 0 Å². The molecular formula is C7H15NO2. The van der Waals surface area contributed by atoms with Crippen molar-refractivity contribution in [1.29, 1.82) is 0 Å². The molecule has 0 aliphatic rings. The van der Waals surface area contributed by atoms with Crippen LogP contribution in [0.25, 0.3) is 0 Å². The highest BCUT2D eigenvalue weighted by Crippen LogP contribution is 2.03. The maximum atomic E-state index is 5.63. The molecule has 0 aromatic heterocycles. The van der Waals surface area contributed by atoms with Crippen LogP contribution in [0.1, 0.15) is 6.92 Å². The Morgan fingerprint density at radius 3 is 1.90 bits per heavy atom. The van der Waals surface area contributed by atoms with Crippen molar-refractivity contribution in [3.05, 3.63) is 12.2 Å². The molecule has 0 bridgehead atoms. The van der Waals surface area contributed by atoms with Gasteiger partial charge < -0.3 is 15.2 Å². The standard InChI is InChI=1S/C7H15NO2/c1-5(2)6(8)7(9-3)10-4/h6-7H,1,8H2,2-4H3. The summed E-state index contributed by atoms with van der Waals surface area (Å²) in [6.45, 7) is 5.53. The molecule has 0 aliphatic carbocycles. The first-order valence-corrected chi connectivity index (χ1v) is 3.10. The highest BCUT2D eigenvalue weighted by molar-refractivity contribution is 5.01. The Morgan fingerprint density at radius 1 is 1.40 bits per heavy atom. The van der Waals surface area contributed by atoms with Crippen LogP contribution in [0.3, 0.4) is 0 Å². The van der Waals surface area contributed by atoms with Gasteiger partial charge in [-0.3, -0.25) is 0 Å². The summed E-state index contributed by atoms with van der Waals surface area (Å²) in [5.74, 6) is 0. The van der Waals surface area contributed by atoms with Crippen molar-refractivity contribution in [3.63, 3.8) is 0 Å². The third-order valence-electron chi connectivity index (χ3n) is 1.33. The number of nitrogens with two attached hydrogens (primary N) is 1. The number of rotatable bonds is 4. The highest BCUT2D eigenvalue weighted by atomic mass is 16.7. The highest BCUT2D eigenvalue weighted by Gasteiger charge is 2.15. The monoisotopic (exact) mass is 145 g/mol. The van der Waals surface area contributed by atoms with Crippen molar-refractivity contribution in [1.82, 2.24) is 0 Å². The summed E-state index contributed by atoms with van der Waals surface area (Å²) in [6, 6.07) is -0.241. The van der Waals surface area contributed by atoms with E-state index in [-0.39, 0.29) is 12.3 Å². The Hall–Kier alpha value is -0.380. The smallest absolute Gasteiger partial charge is 0.175 e. The van der Waals surface area contributed by atoms with Crippen molar-refractivity contribution in [2.45, 2.75) is 19.3 Å². The molecule has 3 heteroatoms. The Bertz CT molecular complexity index is 110. The fourth-order valence-electron chi connectivity index (χ4n) is 0.622. The minimum absolute atomic E-state index is 0.241. The van der Waals surface area contributed by atoms with E-state index in [0.717, 1.165) is 5.57 Å². The van der Waals surface area contributed by atoms with E-state index in [1.807, 2.05) is 6.92 Å². The predicted octanol–water partition coefficient (Wildman–Crippen LogP) is 0.509. The van der Waals surface area contributed by atoms with Gasteiger partial charge in [-0.15, -0.1) is 0 Å². The number of hydrogen-bond acceptors (Lipinski definition) is 3. The molecule has 10 heavy (non-hydrogen) atoms. The van der Waals surface area contributed by atoms with Crippen molar-refractivity contribution in [2.75, 3.05) is 14.2 Å². The molecule has 0 spiro atoms. The van der Waals surface area contributed by atoms with Gasteiger partial charge in [0.15, 0.2) is 6.29 Å². The van der Waals surface area contributed by atoms with E-state index < -0.39 is 0 Å². The summed E-state index contributed by atoms with van der Waals surface area (Å²) in [5.41, 5.74) is 6.49. The van der Waals surface area contributed by atoms with Gasteiger partial charge in [0.05, 0.1) is 6.04 Å². The van der Waals surface area contributed by atoms with E-state index in [1.165, 1.54) is 0 Å². The summed E-state index contributed by atoms with van der Waals surface area (Å²) in [7, 11) is 3.11. The lowest BCUT2D eigenvalue weighted by atomic mass is 10.1. The lowest BCUT2D eigenvalue weighted by molar-refractivity contribution is -0.109. The van der Waals surface area contributed by atoms with Gasteiger partial charge in [-0.1, -0.05) is 12.2 Å². The molecule has 0 aromatic carbocycles. The van der Waals surface area contributed by atoms with Gasteiger partial charge in [-0.25, -0.2) is 0 Å². The molecule has 0 saturated carbocycles. The van der Waals surface area contributed by atoms with Gasteiger partial charge in [0.2, 0.25) is 0 Å². The molecule has 0 amide bonds. The van der Waals surface area contributed by atoms with E-state index in [2.05, 4.69) is 6.58 Å². The lowest BCUT2D eigenvalue weighted by Crippen LogP contribution is -2.38. The molecule has 0 saturated heterocycles. The molecule has 1 atom stereocenters. The maximum absolute atomic E-state index is 5.63. The Labute approximate surface area is 61.8 Å². The number of methoxy groups -OCH3 is 2. The number of ether oxygens (including phenoxy) is 2. The lowest BCUT2D eigenvalue weighted by Gasteiger charge is -2.20. The first-order chi connectivity index (χ1) is 4.63. The zero-order valence-corrected chi connectivity index (χ0v) is 6.76. The van der Waals surface area contributed by atoms with Crippen LogP contribution >= 0.6 is 0 Å². The SMILES string of the molecule is C=C(C)C(N)C(OC)OC. The van der Waals surface area contributed by atoms with Crippen molar-refractivity contribution < 1.29 is 9.47 Å². The van der Waals surface area contributed by atoms with Crippen molar-refractivity contribution in [3.8, 4) is 0 Å². The van der Waals surface area contributed by atoms with Gasteiger partial charge >= 0.3 is 0 Å². The maximum Gasteiger partial charge on any atom is 0.175 e. The topological polar surface area (TPSA) is 44.5 Å². The largest absolute Gasteiger partial charge is 0.354 e. The van der Waals surface area contributed by atoms with Gasteiger partial charge in [0.25, 0.3) is 0 Å². The van der Waals surface area contributed by atoms with E-state index >= 15 is 0 Å². The Morgan fingerprint density at radius 2 is 1.80 bits per heavy atom. The quantitative estimate of drug-likeness (QED) is 0.463. The molecule has 0 rings (SSSR count). The average Bonchev–Trinajstić information content (AvgIpc) is 1.90. The zero-order valence-electron chi connectivity index (χ0n) is 6.76. The van der Waals surface area contributed by atoms with Crippen molar-refractivity contribution >= 4 is 0 Å². The van der Waals surface area contributed by atoms with Crippen LogP contribution in [0.4, 0.5) is 0 Å². The molecule has 0 fully saturated rings. The molecule has 0 radical (unpaired) electrons.